The summed E-state index contributed by atoms with van der Waals surface area (Å²) in [5.41, 5.74) is 1.81. The molecule has 2 aromatic carbocycles. The SMILES string of the molecule is CN(C[C@@H]1CCCN(CCc2ccccc2F)C1)C(=O)C(=O)CCc1ccccc1. The predicted molar refractivity (Wildman–Crippen MR) is 117 cm³/mol. The number of rotatable bonds is 9. The summed E-state index contributed by atoms with van der Waals surface area (Å²) in [6.45, 7) is 3.28. The molecule has 3 rings (SSSR count). The Kier molecular flexibility index (Phi) is 8.14. The van der Waals surface area contributed by atoms with E-state index in [2.05, 4.69) is 4.90 Å². The molecule has 0 spiro atoms. The van der Waals surface area contributed by atoms with Crippen LogP contribution in [0.1, 0.15) is 30.4 Å². The molecule has 0 N–H and O–H groups in total. The van der Waals surface area contributed by atoms with Crippen LogP contribution in [0, 0.1) is 11.7 Å². The van der Waals surface area contributed by atoms with Crippen LogP contribution in [0.4, 0.5) is 4.39 Å². The molecule has 1 amide bonds. The lowest BCUT2D eigenvalue weighted by Gasteiger charge is -2.34. The molecule has 1 fully saturated rings. The average Bonchev–Trinajstić information content (AvgIpc) is 2.77. The molecule has 0 aliphatic carbocycles. The van der Waals surface area contributed by atoms with Crippen molar-refractivity contribution in [1.82, 2.24) is 9.80 Å². The number of aryl methyl sites for hydroxylation is 1. The molecule has 0 bridgehead atoms. The van der Waals surface area contributed by atoms with Gasteiger partial charge in [0.1, 0.15) is 5.82 Å². The maximum atomic E-state index is 13.8. The van der Waals surface area contributed by atoms with Crippen LogP contribution >= 0.6 is 0 Å². The zero-order valence-corrected chi connectivity index (χ0v) is 17.7. The molecule has 1 aliphatic heterocycles. The van der Waals surface area contributed by atoms with Crippen molar-refractivity contribution in [1.29, 1.82) is 0 Å². The van der Waals surface area contributed by atoms with Gasteiger partial charge in [0.25, 0.3) is 5.91 Å². The van der Waals surface area contributed by atoms with Crippen LogP contribution in [0.5, 0.6) is 0 Å². The number of carbonyl (C=O) groups excluding carboxylic acids is 2. The summed E-state index contributed by atoms with van der Waals surface area (Å²) in [5.74, 6) is -0.524. The van der Waals surface area contributed by atoms with E-state index >= 15 is 0 Å². The predicted octanol–water partition coefficient (Wildman–Crippen LogP) is 3.74. The Labute approximate surface area is 178 Å². The minimum Gasteiger partial charge on any atom is -0.339 e. The number of likely N-dealkylation sites (tertiary alicyclic amines) is 1. The van der Waals surface area contributed by atoms with E-state index in [-0.39, 0.29) is 18.0 Å². The molecule has 0 aromatic heterocycles. The summed E-state index contributed by atoms with van der Waals surface area (Å²) in [7, 11) is 1.72. The fourth-order valence-corrected chi connectivity index (χ4v) is 4.18. The first-order valence-corrected chi connectivity index (χ1v) is 10.8. The van der Waals surface area contributed by atoms with Crippen LogP contribution in [-0.2, 0) is 22.4 Å². The lowest BCUT2D eigenvalue weighted by molar-refractivity contribution is -0.144. The van der Waals surface area contributed by atoms with Crippen molar-refractivity contribution in [2.75, 3.05) is 33.2 Å². The van der Waals surface area contributed by atoms with Crippen molar-refractivity contribution >= 4 is 11.7 Å². The Hall–Kier alpha value is -2.53. The maximum absolute atomic E-state index is 13.8. The highest BCUT2D eigenvalue weighted by molar-refractivity contribution is 6.36. The fraction of sp³-hybridized carbons (Fsp3) is 0.440. The van der Waals surface area contributed by atoms with Crippen LogP contribution in [-0.4, -0.2) is 54.7 Å². The van der Waals surface area contributed by atoms with Gasteiger partial charge in [-0.1, -0.05) is 48.5 Å². The van der Waals surface area contributed by atoms with Crippen molar-refractivity contribution in [2.45, 2.75) is 32.1 Å². The van der Waals surface area contributed by atoms with Gasteiger partial charge in [0.15, 0.2) is 0 Å². The van der Waals surface area contributed by atoms with Gasteiger partial charge >= 0.3 is 0 Å². The number of hydrogen-bond acceptors (Lipinski definition) is 3. The summed E-state index contributed by atoms with van der Waals surface area (Å²) >= 11 is 0. The van der Waals surface area contributed by atoms with Crippen molar-refractivity contribution in [2.24, 2.45) is 5.92 Å². The Bertz CT molecular complexity index is 840. The van der Waals surface area contributed by atoms with Crippen molar-refractivity contribution in [3.8, 4) is 0 Å². The van der Waals surface area contributed by atoms with E-state index in [1.54, 1.807) is 18.0 Å². The van der Waals surface area contributed by atoms with Crippen molar-refractivity contribution in [3.05, 3.63) is 71.5 Å². The highest BCUT2D eigenvalue weighted by Crippen LogP contribution is 2.19. The first kappa shape index (κ1) is 22.2. The molecule has 30 heavy (non-hydrogen) atoms. The van der Waals surface area contributed by atoms with Gasteiger partial charge in [-0.15, -0.1) is 0 Å². The minimum atomic E-state index is -0.394. The van der Waals surface area contributed by atoms with Crippen LogP contribution in [0.2, 0.25) is 0 Å². The molecular weight excluding hydrogens is 379 g/mol. The van der Waals surface area contributed by atoms with E-state index < -0.39 is 5.91 Å². The number of likely N-dealkylation sites (N-methyl/N-ethyl adjacent to an activating group) is 1. The highest BCUT2D eigenvalue weighted by atomic mass is 19.1. The van der Waals surface area contributed by atoms with E-state index in [0.29, 0.717) is 25.3 Å². The molecule has 1 atom stereocenters. The molecule has 1 heterocycles. The second-order valence-corrected chi connectivity index (χ2v) is 8.24. The first-order valence-electron chi connectivity index (χ1n) is 10.8. The van der Waals surface area contributed by atoms with Gasteiger partial charge in [-0.2, -0.15) is 0 Å². The average molecular weight is 411 g/mol. The van der Waals surface area contributed by atoms with E-state index in [9.17, 15) is 14.0 Å². The second kappa shape index (κ2) is 11.0. The number of hydrogen-bond donors (Lipinski definition) is 0. The van der Waals surface area contributed by atoms with Gasteiger partial charge in [0.2, 0.25) is 5.78 Å². The molecule has 0 unspecified atom stereocenters. The van der Waals surface area contributed by atoms with Gasteiger partial charge in [0, 0.05) is 33.1 Å². The number of halogens is 1. The summed E-state index contributed by atoms with van der Waals surface area (Å²) in [6, 6.07) is 16.7. The third-order valence-electron chi connectivity index (χ3n) is 5.86. The Morgan fingerprint density at radius 3 is 2.57 bits per heavy atom. The van der Waals surface area contributed by atoms with E-state index in [1.807, 2.05) is 42.5 Å². The quantitative estimate of drug-likeness (QED) is 0.592. The van der Waals surface area contributed by atoms with Crippen LogP contribution in [0.15, 0.2) is 54.6 Å². The Morgan fingerprint density at radius 1 is 1.07 bits per heavy atom. The number of carbonyl (C=O) groups is 2. The van der Waals surface area contributed by atoms with Gasteiger partial charge < -0.3 is 9.80 Å². The highest BCUT2D eigenvalue weighted by Gasteiger charge is 2.25. The normalized spacial score (nSPS) is 16.9. The number of nitrogens with zero attached hydrogens (tertiary/aromatic N) is 2. The van der Waals surface area contributed by atoms with Crippen molar-refractivity contribution < 1.29 is 14.0 Å². The zero-order valence-electron chi connectivity index (χ0n) is 17.7. The summed E-state index contributed by atoms with van der Waals surface area (Å²) < 4.78 is 13.8. The van der Waals surface area contributed by atoms with Gasteiger partial charge in [-0.3, -0.25) is 9.59 Å². The van der Waals surface area contributed by atoms with E-state index in [0.717, 1.165) is 43.6 Å². The third-order valence-corrected chi connectivity index (χ3v) is 5.86. The number of Topliss-reactive ketones (excluding diaryl/α,β-unsaturated/α-hetero) is 1. The molecule has 5 heteroatoms. The third kappa shape index (κ3) is 6.49. The van der Waals surface area contributed by atoms with Crippen molar-refractivity contribution in [3.63, 3.8) is 0 Å². The Morgan fingerprint density at radius 2 is 1.80 bits per heavy atom. The monoisotopic (exact) mass is 410 g/mol. The summed E-state index contributed by atoms with van der Waals surface area (Å²) in [5, 5.41) is 0. The minimum absolute atomic E-state index is 0.148. The number of ketones is 1. The smallest absolute Gasteiger partial charge is 0.289 e. The number of benzene rings is 2. The second-order valence-electron chi connectivity index (χ2n) is 8.24. The maximum Gasteiger partial charge on any atom is 0.289 e. The summed E-state index contributed by atoms with van der Waals surface area (Å²) in [4.78, 5) is 28.7. The number of piperidine rings is 1. The standard InChI is InChI=1S/C25H31FN2O2/c1-27(25(30)24(29)14-13-20-8-3-2-4-9-20)18-21-10-7-16-28(19-21)17-15-22-11-5-6-12-23(22)26/h2-6,8-9,11-12,21H,7,10,13-19H2,1H3/t21-/m0/s1. The zero-order chi connectivity index (χ0) is 21.3. The molecule has 0 saturated carbocycles. The van der Waals surface area contributed by atoms with Crippen LogP contribution in [0.25, 0.3) is 0 Å². The molecule has 1 saturated heterocycles. The van der Waals surface area contributed by atoms with Gasteiger partial charge in [0.05, 0.1) is 0 Å². The van der Waals surface area contributed by atoms with Crippen LogP contribution < -0.4 is 0 Å². The molecule has 160 valence electrons. The number of amides is 1. The summed E-state index contributed by atoms with van der Waals surface area (Å²) in [6.07, 6.45) is 3.63. The lowest BCUT2D eigenvalue weighted by Crippen LogP contribution is -2.43. The van der Waals surface area contributed by atoms with E-state index in [4.69, 9.17) is 0 Å². The largest absolute Gasteiger partial charge is 0.339 e. The molecule has 0 radical (unpaired) electrons. The molecule has 2 aromatic rings. The van der Waals surface area contributed by atoms with Gasteiger partial charge in [-0.25, -0.2) is 4.39 Å². The first-order chi connectivity index (χ1) is 14.5. The van der Waals surface area contributed by atoms with Gasteiger partial charge in [-0.05, 0) is 55.3 Å². The molecule has 4 nitrogen and oxygen atoms in total. The topological polar surface area (TPSA) is 40.6 Å². The van der Waals surface area contributed by atoms with Crippen LogP contribution in [0.3, 0.4) is 0 Å². The van der Waals surface area contributed by atoms with E-state index in [1.165, 1.54) is 6.07 Å². The fourth-order valence-electron chi connectivity index (χ4n) is 4.18. The Balaban J connectivity index is 1.43. The molecular formula is C25H31FN2O2. The lowest BCUT2D eigenvalue weighted by atomic mass is 9.96. The molecule has 1 aliphatic rings.